The average molecular weight is 353 g/mol. The van der Waals surface area contributed by atoms with Crippen molar-refractivity contribution in [2.75, 3.05) is 5.75 Å². The molecule has 1 fully saturated rings. The lowest BCUT2D eigenvalue weighted by molar-refractivity contribution is -0.137. The predicted octanol–water partition coefficient (Wildman–Crippen LogP) is 4.53. The van der Waals surface area contributed by atoms with E-state index in [1.54, 1.807) is 0 Å². The Morgan fingerprint density at radius 3 is 2.58 bits per heavy atom. The molecule has 6 heteroatoms. The van der Waals surface area contributed by atoms with Gasteiger partial charge in [-0.1, -0.05) is 51.0 Å². The van der Waals surface area contributed by atoms with Crippen LogP contribution in [0.1, 0.15) is 63.0 Å². The number of benzene rings is 1. The topological polar surface area (TPSA) is 67.8 Å². The molecule has 1 aromatic carbocycles. The summed E-state index contributed by atoms with van der Waals surface area (Å²) in [5.74, 6) is 1.37. The van der Waals surface area contributed by atoms with Crippen molar-refractivity contribution in [2.24, 2.45) is 0 Å². The summed E-state index contributed by atoms with van der Waals surface area (Å²) >= 11 is -0.787. The van der Waals surface area contributed by atoms with Crippen LogP contribution in [-0.4, -0.2) is 16.8 Å². The third kappa shape index (κ3) is 6.45. The number of carboxylic acid groups (broad SMARTS) is 1. The van der Waals surface area contributed by atoms with Gasteiger partial charge in [0, 0.05) is 18.2 Å². The number of rotatable bonds is 9. The number of thiol groups is 1. The second-order valence-electron chi connectivity index (χ2n) is 6.26. The monoisotopic (exact) mass is 353 g/mol. The highest BCUT2D eigenvalue weighted by Gasteiger charge is 2.17. The highest BCUT2D eigenvalue weighted by Crippen LogP contribution is 2.33. The maximum atomic E-state index is 10.4. The third-order valence-electron chi connectivity index (χ3n) is 3.85. The van der Waals surface area contributed by atoms with Crippen molar-refractivity contribution in [2.45, 2.75) is 51.9 Å². The number of hydrogen-bond donors (Lipinski definition) is 3. The van der Waals surface area contributed by atoms with Gasteiger partial charge in [-0.2, -0.15) is 0 Å². The lowest BCUT2D eigenvalue weighted by Crippen LogP contribution is -2.03. The van der Waals surface area contributed by atoms with Crippen LogP contribution in [0.25, 0.3) is 6.08 Å². The second-order valence-corrected chi connectivity index (χ2v) is 7.84. The van der Waals surface area contributed by atoms with Crippen LogP contribution in [0.3, 0.4) is 0 Å². The molecule has 134 valence electrons. The molecular weight excluding hydrogens is 326 g/mol. The zero-order chi connectivity index (χ0) is 17.4. The van der Waals surface area contributed by atoms with Gasteiger partial charge >= 0.3 is 5.97 Å². The van der Waals surface area contributed by atoms with Gasteiger partial charge in [-0.3, -0.25) is 9.52 Å². The van der Waals surface area contributed by atoms with Gasteiger partial charge in [-0.05, 0) is 41.2 Å². The molecule has 5 nitrogen and oxygen atoms in total. The summed E-state index contributed by atoms with van der Waals surface area (Å²) < 4.78 is 8.61. The Labute approximate surface area is 146 Å². The van der Waals surface area contributed by atoms with Gasteiger partial charge in [-0.15, -0.1) is 4.33 Å². The summed E-state index contributed by atoms with van der Waals surface area (Å²) in [4.78, 5) is 15.7. The Bertz CT molecular complexity index is 557. The number of carbonyl (C=O) groups is 1. The van der Waals surface area contributed by atoms with Crippen molar-refractivity contribution in [1.29, 1.82) is 0 Å². The molecule has 0 radical (unpaired) electrons. The van der Waals surface area contributed by atoms with Gasteiger partial charge in [0.1, 0.15) is 0 Å². The highest BCUT2D eigenvalue weighted by molar-refractivity contribution is 8.11. The number of hydrogen-bond acceptors (Lipinski definition) is 4. The van der Waals surface area contributed by atoms with E-state index in [1.165, 1.54) is 5.56 Å². The predicted molar refractivity (Wildman–Crippen MR) is 98.4 cm³/mol. The van der Waals surface area contributed by atoms with Crippen LogP contribution in [0.2, 0.25) is 0 Å². The minimum atomic E-state index is -0.787. The van der Waals surface area contributed by atoms with Crippen LogP contribution in [0.5, 0.6) is 0 Å². The standard InChI is InChI=1S/C18H27NO4S/c1-14(2)16-10-8-15(9-11-16)13-17-19-24(23-22-17)12-6-4-3-5-7-18(20)21/h8-11,13-14,19,24H,3-7,12H2,1-2H3,(H,20,21)/b17-13-. The maximum Gasteiger partial charge on any atom is 0.303 e. The molecule has 2 rings (SSSR count). The highest BCUT2D eigenvalue weighted by atomic mass is 32.2. The summed E-state index contributed by atoms with van der Waals surface area (Å²) in [5.41, 5.74) is 2.40. The summed E-state index contributed by atoms with van der Waals surface area (Å²) in [6.07, 6.45) is 5.93. The molecule has 1 unspecified atom stereocenters. The largest absolute Gasteiger partial charge is 0.481 e. The van der Waals surface area contributed by atoms with Gasteiger partial charge in [0.15, 0.2) is 0 Å². The first kappa shape index (κ1) is 18.7. The molecule has 0 bridgehead atoms. The Hall–Kier alpha value is -1.66. The Morgan fingerprint density at radius 1 is 1.21 bits per heavy atom. The minimum absolute atomic E-state index is 0.259. The Balaban J connectivity index is 1.69. The first-order valence-electron chi connectivity index (χ1n) is 8.47. The quantitative estimate of drug-likeness (QED) is 0.346. The van der Waals surface area contributed by atoms with Crippen molar-refractivity contribution in [3.8, 4) is 0 Å². The molecular formula is C18H27NO4S. The van der Waals surface area contributed by atoms with Gasteiger partial charge in [0.05, 0.1) is 0 Å². The van der Waals surface area contributed by atoms with Crippen LogP contribution < -0.4 is 4.72 Å². The Morgan fingerprint density at radius 2 is 1.92 bits per heavy atom. The van der Waals surface area contributed by atoms with Gasteiger partial charge in [0.25, 0.3) is 0 Å². The van der Waals surface area contributed by atoms with Crippen molar-refractivity contribution >= 4 is 23.4 Å². The third-order valence-corrected chi connectivity index (χ3v) is 5.30. The first-order chi connectivity index (χ1) is 11.5. The minimum Gasteiger partial charge on any atom is -0.481 e. The van der Waals surface area contributed by atoms with Crippen LogP contribution in [0.15, 0.2) is 30.1 Å². The fourth-order valence-electron chi connectivity index (χ4n) is 2.41. The van der Waals surface area contributed by atoms with Crippen molar-refractivity contribution in [3.63, 3.8) is 0 Å². The summed E-state index contributed by atoms with van der Waals surface area (Å²) in [7, 11) is 0. The average Bonchev–Trinajstić information content (AvgIpc) is 2.98. The van der Waals surface area contributed by atoms with Crippen LogP contribution in [0.4, 0.5) is 0 Å². The van der Waals surface area contributed by atoms with Crippen molar-refractivity contribution in [3.05, 3.63) is 41.3 Å². The Kier molecular flexibility index (Phi) is 7.46. The SMILES string of the molecule is CC(C)c1ccc(/C=C2/N[SH](CCCCCCC(=O)O)OO2)cc1. The number of unbranched alkanes of at least 4 members (excludes halogenated alkanes) is 3. The molecule has 0 saturated carbocycles. The lowest BCUT2D eigenvalue weighted by atomic mass is 10.0. The molecule has 24 heavy (non-hydrogen) atoms. The maximum absolute atomic E-state index is 10.4. The molecule has 0 aliphatic carbocycles. The zero-order valence-corrected chi connectivity index (χ0v) is 15.2. The molecule has 1 aromatic rings. The zero-order valence-electron chi connectivity index (χ0n) is 14.3. The molecule has 0 aromatic heterocycles. The van der Waals surface area contributed by atoms with Crippen LogP contribution in [0, 0.1) is 0 Å². The van der Waals surface area contributed by atoms with E-state index in [1.807, 2.05) is 6.08 Å². The number of nitrogens with one attached hydrogen (secondary N) is 1. The molecule has 1 aliphatic rings. The van der Waals surface area contributed by atoms with Gasteiger partial charge < -0.3 is 9.99 Å². The van der Waals surface area contributed by atoms with E-state index < -0.39 is 17.3 Å². The molecule has 1 aliphatic heterocycles. The van der Waals surface area contributed by atoms with Crippen LogP contribution in [-0.2, 0) is 14.0 Å². The fraction of sp³-hybridized carbons (Fsp3) is 0.500. The van der Waals surface area contributed by atoms with Crippen molar-refractivity contribution < 1.29 is 19.1 Å². The van der Waals surface area contributed by atoms with E-state index in [4.69, 9.17) is 14.3 Å². The van der Waals surface area contributed by atoms with Crippen molar-refractivity contribution in [1.82, 2.24) is 4.72 Å². The summed E-state index contributed by atoms with van der Waals surface area (Å²) in [5, 5.41) is 8.59. The molecule has 1 heterocycles. The van der Waals surface area contributed by atoms with E-state index in [2.05, 4.69) is 42.8 Å². The van der Waals surface area contributed by atoms with Gasteiger partial charge in [0.2, 0.25) is 5.88 Å². The number of aliphatic carboxylic acids is 1. The smallest absolute Gasteiger partial charge is 0.303 e. The summed E-state index contributed by atoms with van der Waals surface area (Å²) in [6, 6.07) is 8.42. The van der Waals surface area contributed by atoms with E-state index in [0.717, 1.165) is 37.0 Å². The normalized spacial score (nSPS) is 20.1. The second kappa shape index (κ2) is 9.59. The van der Waals surface area contributed by atoms with E-state index in [-0.39, 0.29) is 6.42 Å². The lowest BCUT2D eigenvalue weighted by Gasteiger charge is -2.09. The van der Waals surface area contributed by atoms with Crippen LogP contribution >= 0.6 is 11.4 Å². The number of carboxylic acids is 1. The van der Waals surface area contributed by atoms with Gasteiger partial charge in [-0.25, -0.2) is 0 Å². The van der Waals surface area contributed by atoms with E-state index in [9.17, 15) is 4.79 Å². The molecule has 1 atom stereocenters. The molecule has 0 spiro atoms. The molecule has 0 amide bonds. The van der Waals surface area contributed by atoms with E-state index >= 15 is 0 Å². The first-order valence-corrected chi connectivity index (χ1v) is 9.91. The fourth-order valence-corrected chi connectivity index (χ4v) is 3.66. The van der Waals surface area contributed by atoms with E-state index in [0.29, 0.717) is 11.8 Å². The molecule has 1 saturated heterocycles. The molecule has 2 N–H and O–H groups in total. The summed E-state index contributed by atoms with van der Waals surface area (Å²) in [6.45, 7) is 4.36.